The minimum atomic E-state index is -4.48. The molecular weight excluding hydrogens is 257 g/mol. The molecule has 1 aliphatic carbocycles. The van der Waals surface area contributed by atoms with Crippen molar-refractivity contribution in [2.24, 2.45) is 5.92 Å². The molecule has 0 spiro atoms. The number of halogens is 4. The molecule has 1 fully saturated rings. The highest BCUT2D eigenvalue weighted by atomic mass is 35.5. The van der Waals surface area contributed by atoms with E-state index in [0.29, 0.717) is 12.0 Å². The van der Waals surface area contributed by atoms with Gasteiger partial charge in [-0.25, -0.2) is 0 Å². The van der Waals surface area contributed by atoms with E-state index in [1.807, 2.05) is 0 Å². The van der Waals surface area contributed by atoms with Crippen LogP contribution >= 0.6 is 11.6 Å². The van der Waals surface area contributed by atoms with Crippen molar-refractivity contribution >= 4 is 17.6 Å². The Balaban J connectivity index is 2.24. The summed E-state index contributed by atoms with van der Waals surface area (Å²) in [6, 6.07) is 3.40. The summed E-state index contributed by atoms with van der Waals surface area (Å²) >= 11 is 5.55. The molecule has 0 heterocycles. The predicted octanol–water partition coefficient (Wildman–Crippen LogP) is 3.55. The summed E-state index contributed by atoms with van der Waals surface area (Å²) in [5, 5.41) is 8.34. The van der Waals surface area contributed by atoms with Crippen LogP contribution in [0.2, 0.25) is 5.02 Å². The van der Waals surface area contributed by atoms with Crippen molar-refractivity contribution in [3.63, 3.8) is 0 Å². The van der Waals surface area contributed by atoms with Crippen molar-refractivity contribution in [3.8, 4) is 0 Å². The van der Waals surface area contributed by atoms with E-state index in [1.165, 1.54) is 12.1 Å². The van der Waals surface area contributed by atoms with Crippen LogP contribution in [0.15, 0.2) is 18.2 Å². The van der Waals surface area contributed by atoms with Crippen LogP contribution in [0.3, 0.4) is 0 Å². The van der Waals surface area contributed by atoms with Gasteiger partial charge in [-0.1, -0.05) is 17.7 Å². The van der Waals surface area contributed by atoms with Crippen molar-refractivity contribution in [2.75, 3.05) is 0 Å². The molecule has 0 radical (unpaired) electrons. The fraction of sp³-hybridized carbons (Fsp3) is 0.364. The van der Waals surface area contributed by atoms with Gasteiger partial charge in [0, 0.05) is 0 Å². The van der Waals surface area contributed by atoms with Crippen molar-refractivity contribution in [1.82, 2.24) is 0 Å². The molecule has 92 valence electrons. The summed E-state index contributed by atoms with van der Waals surface area (Å²) in [6.07, 6.45) is -4.03. The molecule has 0 saturated heterocycles. The van der Waals surface area contributed by atoms with Gasteiger partial charge in [0.25, 0.3) is 0 Å². The fourth-order valence-corrected chi connectivity index (χ4v) is 2.12. The van der Waals surface area contributed by atoms with Crippen molar-refractivity contribution in [3.05, 3.63) is 34.3 Å². The number of hydrogen-bond acceptors (Lipinski definition) is 1. The molecular formula is C11H8ClF3O2. The van der Waals surface area contributed by atoms with E-state index in [-0.39, 0.29) is 10.9 Å². The molecule has 17 heavy (non-hydrogen) atoms. The lowest BCUT2D eigenvalue weighted by atomic mass is 10.1. The second-order valence-electron chi connectivity index (χ2n) is 4.02. The topological polar surface area (TPSA) is 37.3 Å². The van der Waals surface area contributed by atoms with Crippen LogP contribution in [0, 0.1) is 5.92 Å². The Kier molecular flexibility index (Phi) is 2.81. The minimum absolute atomic E-state index is 0.215. The smallest absolute Gasteiger partial charge is 0.417 e. The first-order chi connectivity index (χ1) is 7.80. The lowest BCUT2D eigenvalue weighted by Gasteiger charge is -2.10. The van der Waals surface area contributed by atoms with Crippen LogP contribution in [-0.4, -0.2) is 11.1 Å². The number of rotatable bonds is 2. The average molecular weight is 265 g/mol. The molecule has 0 unspecified atom stereocenters. The van der Waals surface area contributed by atoms with Crippen molar-refractivity contribution < 1.29 is 23.1 Å². The largest absolute Gasteiger partial charge is 0.481 e. The van der Waals surface area contributed by atoms with E-state index >= 15 is 0 Å². The molecule has 1 aliphatic rings. The van der Waals surface area contributed by atoms with Crippen LogP contribution in [0.4, 0.5) is 13.2 Å². The Morgan fingerprint density at radius 1 is 1.41 bits per heavy atom. The van der Waals surface area contributed by atoms with E-state index in [4.69, 9.17) is 16.7 Å². The average Bonchev–Trinajstić information content (AvgIpc) is 2.94. The third-order valence-corrected chi connectivity index (χ3v) is 3.15. The van der Waals surface area contributed by atoms with Crippen LogP contribution in [0.25, 0.3) is 0 Å². The third-order valence-electron chi connectivity index (χ3n) is 2.83. The number of benzene rings is 1. The van der Waals surface area contributed by atoms with Gasteiger partial charge in [-0.05, 0) is 30.0 Å². The first kappa shape index (κ1) is 12.2. The summed E-state index contributed by atoms with van der Waals surface area (Å²) in [5.41, 5.74) is -0.342. The second kappa shape index (κ2) is 3.91. The first-order valence-corrected chi connectivity index (χ1v) is 5.28. The van der Waals surface area contributed by atoms with Gasteiger partial charge in [-0.3, -0.25) is 4.79 Å². The fourth-order valence-electron chi connectivity index (χ4n) is 1.83. The number of carboxylic acid groups (broad SMARTS) is 1. The van der Waals surface area contributed by atoms with Gasteiger partial charge in [-0.15, -0.1) is 0 Å². The molecule has 2 rings (SSSR count). The monoisotopic (exact) mass is 264 g/mol. The Hall–Kier alpha value is -1.23. The molecule has 0 bridgehead atoms. The summed E-state index contributed by atoms with van der Waals surface area (Å²) in [4.78, 5) is 10.6. The highest BCUT2D eigenvalue weighted by Crippen LogP contribution is 2.48. The summed E-state index contributed by atoms with van der Waals surface area (Å²) < 4.78 is 37.3. The molecule has 1 N–H and O–H groups in total. The van der Waals surface area contributed by atoms with Gasteiger partial charge in [0.1, 0.15) is 0 Å². The quantitative estimate of drug-likeness (QED) is 0.887. The van der Waals surface area contributed by atoms with Gasteiger partial charge < -0.3 is 5.11 Å². The Labute approximate surface area is 100 Å². The standard InChI is InChI=1S/C11H8ClF3O2/c12-9-3-5(6-4-7(6)10(16)17)1-2-8(9)11(13,14)15/h1-3,6-7H,4H2,(H,16,17)/t6-,7+/m0/s1. The number of hydrogen-bond donors (Lipinski definition) is 1. The van der Waals surface area contributed by atoms with Gasteiger partial charge in [-0.2, -0.15) is 13.2 Å². The molecule has 2 nitrogen and oxygen atoms in total. The Morgan fingerprint density at radius 3 is 2.47 bits per heavy atom. The number of carboxylic acids is 1. The number of carbonyl (C=O) groups is 1. The number of alkyl halides is 3. The van der Waals surface area contributed by atoms with E-state index in [2.05, 4.69) is 0 Å². The van der Waals surface area contributed by atoms with Gasteiger partial charge in [0.15, 0.2) is 0 Å². The molecule has 0 aromatic heterocycles. The van der Waals surface area contributed by atoms with Crippen molar-refractivity contribution in [2.45, 2.75) is 18.5 Å². The summed E-state index contributed by atoms with van der Waals surface area (Å²) in [6.45, 7) is 0. The van der Waals surface area contributed by atoms with Gasteiger partial charge in [0.2, 0.25) is 0 Å². The minimum Gasteiger partial charge on any atom is -0.481 e. The maximum atomic E-state index is 12.4. The highest BCUT2D eigenvalue weighted by Gasteiger charge is 2.44. The van der Waals surface area contributed by atoms with Crippen LogP contribution in [-0.2, 0) is 11.0 Å². The predicted molar refractivity (Wildman–Crippen MR) is 54.9 cm³/mol. The molecule has 1 aromatic carbocycles. The Morgan fingerprint density at radius 2 is 2.06 bits per heavy atom. The van der Waals surface area contributed by atoms with Crippen LogP contribution in [0.5, 0.6) is 0 Å². The molecule has 6 heteroatoms. The zero-order valence-electron chi connectivity index (χ0n) is 8.46. The molecule has 1 aromatic rings. The highest BCUT2D eigenvalue weighted by molar-refractivity contribution is 6.31. The Bertz CT molecular complexity index is 470. The molecule has 2 atom stereocenters. The van der Waals surface area contributed by atoms with E-state index in [1.54, 1.807) is 0 Å². The van der Waals surface area contributed by atoms with E-state index < -0.39 is 23.6 Å². The van der Waals surface area contributed by atoms with E-state index in [0.717, 1.165) is 6.07 Å². The lowest BCUT2D eigenvalue weighted by molar-refractivity contribution is -0.139. The maximum Gasteiger partial charge on any atom is 0.417 e. The molecule has 1 saturated carbocycles. The maximum absolute atomic E-state index is 12.4. The number of aliphatic carboxylic acids is 1. The zero-order chi connectivity index (χ0) is 12.8. The van der Waals surface area contributed by atoms with Crippen molar-refractivity contribution in [1.29, 1.82) is 0 Å². The second-order valence-corrected chi connectivity index (χ2v) is 4.43. The normalized spacial score (nSPS) is 23.5. The zero-order valence-corrected chi connectivity index (χ0v) is 9.22. The third kappa shape index (κ3) is 2.39. The van der Waals surface area contributed by atoms with Crippen LogP contribution in [0.1, 0.15) is 23.5 Å². The molecule has 0 amide bonds. The SMILES string of the molecule is O=C(O)[C@@H]1C[C@H]1c1ccc(C(F)(F)F)c(Cl)c1. The summed E-state index contributed by atoms with van der Waals surface area (Å²) in [5.74, 6) is -1.64. The lowest BCUT2D eigenvalue weighted by Crippen LogP contribution is -2.06. The first-order valence-electron chi connectivity index (χ1n) is 4.90. The molecule has 0 aliphatic heterocycles. The van der Waals surface area contributed by atoms with Crippen LogP contribution < -0.4 is 0 Å². The van der Waals surface area contributed by atoms with Gasteiger partial charge >= 0.3 is 12.1 Å². The summed E-state index contributed by atoms with van der Waals surface area (Å²) in [7, 11) is 0. The van der Waals surface area contributed by atoms with Gasteiger partial charge in [0.05, 0.1) is 16.5 Å². The van der Waals surface area contributed by atoms with E-state index in [9.17, 15) is 18.0 Å².